The molecule has 8 heteroatoms. The first kappa shape index (κ1) is 16.3. The fourth-order valence-electron chi connectivity index (χ4n) is 2.09. The molecule has 0 amide bonds. The zero-order valence-corrected chi connectivity index (χ0v) is 11.5. The van der Waals surface area contributed by atoms with Crippen LogP contribution >= 0.6 is 0 Å². The van der Waals surface area contributed by atoms with Crippen molar-refractivity contribution < 1.29 is 31.1 Å². The van der Waals surface area contributed by atoms with Crippen LogP contribution in [0.4, 0.5) is 26.3 Å². The van der Waals surface area contributed by atoms with Gasteiger partial charge in [-0.25, -0.2) is 26.3 Å². The van der Waals surface area contributed by atoms with Crippen LogP contribution in [0.25, 0.3) is 0 Å². The van der Waals surface area contributed by atoms with Crippen molar-refractivity contribution in [2.45, 2.75) is 6.92 Å². The van der Waals surface area contributed by atoms with Crippen molar-refractivity contribution >= 4 is 18.2 Å². The summed E-state index contributed by atoms with van der Waals surface area (Å²) in [5, 5.41) is 0. The molecule has 0 saturated carbocycles. The molecule has 0 aromatic heterocycles. The van der Waals surface area contributed by atoms with Crippen LogP contribution in [0.1, 0.15) is 5.56 Å². The largest absolute Gasteiger partial charge is 0.494 e. The molecule has 1 nitrogen and oxygen atoms in total. The number of benzene rings is 2. The lowest BCUT2D eigenvalue weighted by Crippen LogP contribution is -2.37. The molecule has 0 bridgehead atoms. The van der Waals surface area contributed by atoms with Crippen LogP contribution in [0.5, 0.6) is 5.75 Å². The van der Waals surface area contributed by atoms with E-state index >= 15 is 0 Å². The summed E-state index contributed by atoms with van der Waals surface area (Å²) in [6.45, 7) is 1.06. The summed E-state index contributed by atoms with van der Waals surface area (Å²) in [6.07, 6.45) is 0. The van der Waals surface area contributed by atoms with E-state index < -0.39 is 64.4 Å². The highest BCUT2D eigenvalue weighted by Gasteiger charge is 2.25. The number of hydrogen-bond donors (Lipinski definition) is 0. The van der Waals surface area contributed by atoms with E-state index in [9.17, 15) is 26.3 Å². The Labute approximate surface area is 122 Å². The second-order valence-electron chi connectivity index (χ2n) is 4.60. The first-order chi connectivity index (χ1) is 10.3. The van der Waals surface area contributed by atoms with Gasteiger partial charge in [0.05, 0.1) is 7.11 Å². The van der Waals surface area contributed by atoms with Crippen LogP contribution in [0.2, 0.25) is 0 Å². The summed E-state index contributed by atoms with van der Waals surface area (Å²) in [4.78, 5) is 0. The normalized spacial score (nSPS) is 10.7. The topological polar surface area (TPSA) is 9.23 Å². The highest BCUT2D eigenvalue weighted by molar-refractivity contribution is 6.68. The molecule has 0 radical (unpaired) electrons. The third-order valence-corrected chi connectivity index (χ3v) is 3.27. The Bertz CT molecular complexity index is 747. The van der Waals surface area contributed by atoms with Crippen LogP contribution in [0.3, 0.4) is 0 Å². The van der Waals surface area contributed by atoms with Crippen molar-refractivity contribution in [3.8, 4) is 5.75 Å². The van der Waals surface area contributed by atoms with Gasteiger partial charge in [0, 0.05) is 23.2 Å². The standard InChI is InChI=1S/C14H9BF6O/c1-5-6(16)3-7(17)10(12(5)20)15-11-13(21)8(18)4-9(19)14(11)22-2/h3-4,15H,1-2H3. The first-order valence-corrected chi connectivity index (χ1v) is 6.11. The number of halogens is 6. The smallest absolute Gasteiger partial charge is 0.209 e. The molecule has 22 heavy (non-hydrogen) atoms. The average Bonchev–Trinajstić information content (AvgIpc) is 2.46. The molecule has 0 heterocycles. The van der Waals surface area contributed by atoms with Gasteiger partial charge < -0.3 is 4.74 Å². The van der Waals surface area contributed by atoms with Crippen molar-refractivity contribution in [3.05, 3.63) is 52.6 Å². The van der Waals surface area contributed by atoms with Crippen LogP contribution in [0.15, 0.2) is 12.1 Å². The minimum absolute atomic E-state index is 0.264. The highest BCUT2D eigenvalue weighted by Crippen LogP contribution is 2.19. The number of hydrogen-bond acceptors (Lipinski definition) is 1. The minimum atomic E-state index is -1.52. The van der Waals surface area contributed by atoms with Crippen LogP contribution in [-0.2, 0) is 0 Å². The molecule has 0 aliphatic heterocycles. The summed E-state index contributed by atoms with van der Waals surface area (Å²) in [6, 6.07) is 0.689. The second kappa shape index (κ2) is 5.94. The molecule has 0 saturated heterocycles. The van der Waals surface area contributed by atoms with E-state index in [1.54, 1.807) is 0 Å². The zero-order chi connectivity index (χ0) is 16.6. The highest BCUT2D eigenvalue weighted by atomic mass is 19.2. The maximum atomic E-state index is 13.9. The summed E-state index contributed by atoms with van der Waals surface area (Å²) in [5.41, 5.74) is -1.88. The molecule has 116 valence electrons. The monoisotopic (exact) mass is 318 g/mol. The van der Waals surface area contributed by atoms with E-state index in [1.165, 1.54) is 0 Å². The van der Waals surface area contributed by atoms with Gasteiger partial charge in [-0.3, -0.25) is 0 Å². The molecule has 0 fully saturated rings. The van der Waals surface area contributed by atoms with Crippen LogP contribution in [-0.4, -0.2) is 14.4 Å². The minimum Gasteiger partial charge on any atom is -0.494 e. The zero-order valence-electron chi connectivity index (χ0n) is 11.5. The van der Waals surface area contributed by atoms with Gasteiger partial charge >= 0.3 is 0 Å². The summed E-state index contributed by atoms with van der Waals surface area (Å²) in [7, 11) is 0.171. The molecule has 0 atom stereocenters. The summed E-state index contributed by atoms with van der Waals surface area (Å²) < 4.78 is 86.2. The van der Waals surface area contributed by atoms with Crippen molar-refractivity contribution in [1.29, 1.82) is 0 Å². The molecular formula is C14H9BF6O. The SMILES string of the molecule is COc1c(F)cc(F)c(F)c1Bc1c(F)cc(F)c(C)c1F. The van der Waals surface area contributed by atoms with E-state index in [0.29, 0.717) is 6.07 Å². The van der Waals surface area contributed by atoms with Gasteiger partial charge in [-0.05, 0) is 12.4 Å². The number of rotatable bonds is 3. The Hall–Kier alpha value is -2.12. The van der Waals surface area contributed by atoms with Crippen molar-refractivity contribution in [2.24, 2.45) is 0 Å². The summed E-state index contributed by atoms with van der Waals surface area (Å²) >= 11 is 0. The van der Waals surface area contributed by atoms with Crippen molar-refractivity contribution in [3.63, 3.8) is 0 Å². The lowest BCUT2D eigenvalue weighted by molar-refractivity contribution is 0.381. The average molecular weight is 318 g/mol. The molecule has 0 N–H and O–H groups in total. The van der Waals surface area contributed by atoms with Gasteiger partial charge in [0.15, 0.2) is 23.2 Å². The van der Waals surface area contributed by atoms with E-state index in [-0.39, 0.29) is 6.07 Å². The molecule has 0 unspecified atom stereocenters. The molecule has 0 aliphatic carbocycles. The molecular weight excluding hydrogens is 309 g/mol. The Kier molecular flexibility index (Phi) is 4.39. The van der Waals surface area contributed by atoms with Gasteiger partial charge in [-0.1, -0.05) is 0 Å². The first-order valence-electron chi connectivity index (χ1n) is 6.11. The van der Waals surface area contributed by atoms with Gasteiger partial charge in [-0.15, -0.1) is 0 Å². The number of methoxy groups -OCH3 is 1. The Morgan fingerprint density at radius 3 is 1.95 bits per heavy atom. The summed E-state index contributed by atoms with van der Waals surface area (Å²) in [5.74, 6) is -8.53. The van der Waals surface area contributed by atoms with Gasteiger partial charge in [0.1, 0.15) is 17.5 Å². The molecule has 0 spiro atoms. The van der Waals surface area contributed by atoms with Gasteiger partial charge in [-0.2, -0.15) is 0 Å². The lowest BCUT2D eigenvalue weighted by atomic mass is 9.62. The maximum absolute atomic E-state index is 13.9. The lowest BCUT2D eigenvalue weighted by Gasteiger charge is -2.13. The van der Waals surface area contributed by atoms with E-state index in [4.69, 9.17) is 0 Å². The Morgan fingerprint density at radius 1 is 0.773 bits per heavy atom. The molecule has 0 aliphatic rings. The predicted molar refractivity (Wildman–Crippen MR) is 70.3 cm³/mol. The van der Waals surface area contributed by atoms with Crippen molar-refractivity contribution in [2.75, 3.05) is 7.11 Å². The quantitative estimate of drug-likeness (QED) is 0.479. The van der Waals surface area contributed by atoms with E-state index in [2.05, 4.69) is 4.74 Å². The second-order valence-corrected chi connectivity index (χ2v) is 4.60. The van der Waals surface area contributed by atoms with Gasteiger partial charge in [0.25, 0.3) is 0 Å². The third-order valence-electron chi connectivity index (χ3n) is 3.27. The Morgan fingerprint density at radius 2 is 1.36 bits per heavy atom. The van der Waals surface area contributed by atoms with Crippen LogP contribution < -0.4 is 15.7 Å². The Balaban J connectivity index is 2.64. The van der Waals surface area contributed by atoms with Crippen molar-refractivity contribution in [1.82, 2.24) is 0 Å². The molecule has 2 aromatic rings. The molecule has 2 rings (SSSR count). The third kappa shape index (κ3) is 2.65. The molecule has 2 aromatic carbocycles. The van der Waals surface area contributed by atoms with E-state index in [0.717, 1.165) is 14.0 Å². The van der Waals surface area contributed by atoms with Gasteiger partial charge in [0.2, 0.25) is 7.28 Å². The van der Waals surface area contributed by atoms with Crippen LogP contribution in [0, 0.1) is 41.8 Å². The predicted octanol–water partition coefficient (Wildman–Crippen LogP) is 2.23. The van der Waals surface area contributed by atoms with E-state index in [1.807, 2.05) is 0 Å². The fraction of sp³-hybridized carbons (Fsp3) is 0.143. The number of ether oxygens (including phenoxy) is 1. The fourth-order valence-corrected chi connectivity index (χ4v) is 2.09. The maximum Gasteiger partial charge on any atom is 0.209 e.